The van der Waals surface area contributed by atoms with Crippen molar-refractivity contribution in [2.75, 3.05) is 24.9 Å². The fraction of sp³-hybridized carbons (Fsp3) is 0.385. The second kappa shape index (κ2) is 13.9. The largest absolute Gasteiger partial charge is 0.465 e. The van der Waals surface area contributed by atoms with Gasteiger partial charge in [-0.05, 0) is 53.7 Å². The average molecular weight is 593 g/mol. The van der Waals surface area contributed by atoms with Gasteiger partial charge >= 0.3 is 24.1 Å². The molecule has 0 aliphatic heterocycles. The lowest BCUT2D eigenvalue weighted by Crippen LogP contribution is -2.44. The second-order valence-corrected chi connectivity index (χ2v) is 10.2. The van der Waals surface area contributed by atoms with Gasteiger partial charge in [0.25, 0.3) is 11.4 Å². The third kappa shape index (κ3) is 9.42. The number of nitro groups is 2. The molecule has 2 amide bonds. The number of nitrogen functional groups attached to an aromatic ring is 1. The van der Waals surface area contributed by atoms with Crippen LogP contribution < -0.4 is 10.6 Å². The summed E-state index contributed by atoms with van der Waals surface area (Å²) in [6, 6.07) is 7.44. The van der Waals surface area contributed by atoms with Gasteiger partial charge in [-0.25, -0.2) is 19.2 Å². The lowest BCUT2D eigenvalue weighted by Gasteiger charge is -2.29. The molecule has 42 heavy (non-hydrogen) atoms. The number of anilines is 2. The molecule has 0 heterocycles. The Labute approximate surface area is 240 Å². The quantitative estimate of drug-likeness (QED) is 0.158. The van der Waals surface area contributed by atoms with Crippen molar-refractivity contribution in [2.45, 2.75) is 52.7 Å². The zero-order valence-corrected chi connectivity index (χ0v) is 24.3. The molecular weight excluding hydrogens is 560 g/mol. The van der Waals surface area contributed by atoms with Crippen LogP contribution in [0.1, 0.15) is 62.3 Å². The third-order valence-corrected chi connectivity index (χ3v) is 4.68. The fourth-order valence-electron chi connectivity index (χ4n) is 3.06. The van der Waals surface area contributed by atoms with E-state index in [-0.39, 0.29) is 22.5 Å². The van der Waals surface area contributed by atoms with Crippen molar-refractivity contribution < 1.29 is 48.0 Å². The topological polar surface area (TPSA) is 221 Å². The molecule has 0 atom stereocenters. The Hall–Kier alpha value is -5.28. The van der Waals surface area contributed by atoms with Crippen LogP contribution in [0, 0.1) is 20.2 Å². The number of imide groups is 1. The van der Waals surface area contributed by atoms with Gasteiger partial charge in [0.05, 0.1) is 35.2 Å². The van der Waals surface area contributed by atoms with E-state index in [1.807, 2.05) is 0 Å². The number of esters is 2. The Balaban J connectivity index is 0.000000525. The minimum absolute atomic E-state index is 0.00157. The number of benzene rings is 2. The van der Waals surface area contributed by atoms with Gasteiger partial charge in [-0.15, -0.1) is 0 Å². The van der Waals surface area contributed by atoms with E-state index < -0.39 is 56.5 Å². The number of carbonyl (C=O) groups is 4. The standard InChI is InChI=1S/C18H24N2O8.C8H8N2O4/c1-17(2,3)27-15(22)19(16(23)28-18(4,5)6)13-11(14(21)26-7)9-8-10-12(13)20(24)25;1-14-8(11)5-3-2-4-6(7(5)9)10(12)13/h8-10H,1-7H3;2-4H,9H2,1H3. The van der Waals surface area contributed by atoms with Gasteiger partial charge in [0, 0.05) is 12.1 Å². The molecule has 0 aliphatic carbocycles. The van der Waals surface area contributed by atoms with Gasteiger partial charge < -0.3 is 24.7 Å². The van der Waals surface area contributed by atoms with E-state index >= 15 is 0 Å². The molecule has 0 fully saturated rings. The molecule has 0 saturated heterocycles. The van der Waals surface area contributed by atoms with E-state index in [4.69, 9.17) is 15.2 Å². The fourth-order valence-corrected chi connectivity index (χ4v) is 3.06. The summed E-state index contributed by atoms with van der Waals surface area (Å²) in [4.78, 5) is 69.6. The number of nitrogens with zero attached hydrogens (tertiary/aromatic N) is 3. The van der Waals surface area contributed by atoms with Crippen molar-refractivity contribution in [3.8, 4) is 0 Å². The van der Waals surface area contributed by atoms with E-state index in [0.717, 1.165) is 13.2 Å². The molecule has 228 valence electrons. The van der Waals surface area contributed by atoms with Crippen LogP contribution in [-0.2, 0) is 18.9 Å². The van der Waals surface area contributed by atoms with E-state index in [0.29, 0.717) is 4.90 Å². The number of carbonyl (C=O) groups excluding carboxylic acids is 4. The molecule has 0 saturated carbocycles. The van der Waals surface area contributed by atoms with Crippen LogP contribution in [0.5, 0.6) is 0 Å². The van der Waals surface area contributed by atoms with Crippen molar-refractivity contribution in [3.63, 3.8) is 0 Å². The molecule has 0 aliphatic rings. The maximum absolute atomic E-state index is 12.8. The van der Waals surface area contributed by atoms with Gasteiger partial charge in [-0.3, -0.25) is 20.2 Å². The number of rotatable bonds is 5. The molecule has 2 rings (SSSR count). The van der Waals surface area contributed by atoms with Crippen LogP contribution in [0.15, 0.2) is 36.4 Å². The van der Waals surface area contributed by atoms with Gasteiger partial charge in [0.1, 0.15) is 16.9 Å². The number of hydrogen-bond acceptors (Lipinski definition) is 13. The van der Waals surface area contributed by atoms with Crippen LogP contribution in [0.4, 0.5) is 32.3 Å². The predicted octanol–water partition coefficient (Wildman–Crippen LogP) is 5.02. The highest BCUT2D eigenvalue weighted by molar-refractivity contribution is 6.15. The summed E-state index contributed by atoms with van der Waals surface area (Å²) in [7, 11) is 2.25. The number of hydrogen-bond donors (Lipinski definition) is 1. The van der Waals surface area contributed by atoms with Crippen LogP contribution in [0.25, 0.3) is 0 Å². The van der Waals surface area contributed by atoms with Crippen molar-refractivity contribution in [1.82, 2.24) is 0 Å². The first kappa shape index (κ1) is 34.7. The van der Waals surface area contributed by atoms with Gasteiger partial charge in [0.15, 0.2) is 5.69 Å². The number of nitrogens with two attached hydrogens (primary N) is 1. The third-order valence-electron chi connectivity index (χ3n) is 4.68. The van der Waals surface area contributed by atoms with Crippen molar-refractivity contribution in [3.05, 3.63) is 67.8 Å². The molecule has 0 spiro atoms. The predicted molar refractivity (Wildman–Crippen MR) is 148 cm³/mol. The zero-order valence-electron chi connectivity index (χ0n) is 24.3. The average Bonchev–Trinajstić information content (AvgIpc) is 2.86. The molecule has 2 N–H and O–H groups in total. The number of amides is 2. The van der Waals surface area contributed by atoms with Gasteiger partial charge in [-0.2, -0.15) is 4.90 Å². The lowest BCUT2D eigenvalue weighted by atomic mass is 10.1. The first-order valence-corrected chi connectivity index (χ1v) is 12.0. The number of methoxy groups -OCH3 is 2. The molecule has 0 unspecified atom stereocenters. The lowest BCUT2D eigenvalue weighted by molar-refractivity contribution is -0.384. The highest BCUT2D eigenvalue weighted by Crippen LogP contribution is 2.35. The van der Waals surface area contributed by atoms with Crippen LogP contribution in [-0.4, -0.2) is 59.4 Å². The minimum Gasteiger partial charge on any atom is -0.465 e. The molecule has 2 aromatic rings. The van der Waals surface area contributed by atoms with Crippen LogP contribution in [0.2, 0.25) is 0 Å². The number of para-hydroxylation sites is 2. The molecule has 0 radical (unpaired) electrons. The summed E-state index contributed by atoms with van der Waals surface area (Å²) in [5.41, 5.74) is 1.27. The number of nitro benzene ring substituents is 2. The van der Waals surface area contributed by atoms with E-state index in [1.54, 1.807) is 41.5 Å². The van der Waals surface area contributed by atoms with Crippen molar-refractivity contribution in [1.29, 1.82) is 0 Å². The molecule has 16 nitrogen and oxygen atoms in total. The zero-order chi connectivity index (χ0) is 32.6. The van der Waals surface area contributed by atoms with Crippen molar-refractivity contribution in [2.24, 2.45) is 0 Å². The summed E-state index contributed by atoms with van der Waals surface area (Å²) < 4.78 is 19.4. The molecule has 0 bridgehead atoms. The summed E-state index contributed by atoms with van der Waals surface area (Å²) >= 11 is 0. The Bertz CT molecular complexity index is 1350. The summed E-state index contributed by atoms with van der Waals surface area (Å²) in [5, 5.41) is 22.0. The van der Waals surface area contributed by atoms with E-state index in [9.17, 15) is 39.4 Å². The van der Waals surface area contributed by atoms with Crippen molar-refractivity contribution >= 4 is 46.9 Å². The maximum atomic E-state index is 12.8. The first-order valence-electron chi connectivity index (χ1n) is 12.0. The smallest absolute Gasteiger partial charge is 0.424 e. The maximum Gasteiger partial charge on any atom is 0.424 e. The molecule has 2 aromatic carbocycles. The first-order chi connectivity index (χ1) is 19.3. The Kier molecular flexibility index (Phi) is 11.5. The van der Waals surface area contributed by atoms with Gasteiger partial charge in [-0.1, -0.05) is 12.1 Å². The van der Waals surface area contributed by atoms with Gasteiger partial charge in [0.2, 0.25) is 0 Å². The summed E-state index contributed by atoms with van der Waals surface area (Å²) in [6.45, 7) is 9.33. The Morgan fingerprint density at radius 2 is 1.10 bits per heavy atom. The molecule has 16 heteroatoms. The monoisotopic (exact) mass is 592 g/mol. The minimum atomic E-state index is -1.23. The van der Waals surface area contributed by atoms with E-state index in [2.05, 4.69) is 9.47 Å². The normalized spacial score (nSPS) is 10.8. The van der Waals surface area contributed by atoms with E-state index in [1.165, 1.54) is 37.4 Å². The summed E-state index contributed by atoms with van der Waals surface area (Å²) in [5.74, 6) is -1.66. The highest BCUT2D eigenvalue weighted by Gasteiger charge is 2.39. The Morgan fingerprint density at radius 1 is 0.714 bits per heavy atom. The van der Waals surface area contributed by atoms with Crippen LogP contribution >= 0.6 is 0 Å². The Morgan fingerprint density at radius 3 is 1.48 bits per heavy atom. The SMILES string of the molecule is COC(=O)c1cccc([N+](=O)[O-])c1N.COC(=O)c1cccc([N+](=O)[O-])c1N(C(=O)OC(C)(C)C)C(=O)OC(C)(C)C. The number of ether oxygens (including phenoxy) is 4. The second-order valence-electron chi connectivity index (χ2n) is 10.2. The highest BCUT2D eigenvalue weighted by atomic mass is 16.6. The van der Waals surface area contributed by atoms with Crippen LogP contribution in [0.3, 0.4) is 0 Å². The summed E-state index contributed by atoms with van der Waals surface area (Å²) in [6.07, 6.45) is -2.47. The molecular formula is C26H32N4O12. The molecule has 0 aromatic heterocycles.